The Morgan fingerprint density at radius 1 is 1.14 bits per heavy atom. The smallest absolute Gasteiger partial charge is 0.417 e. The number of hydrogen-bond acceptors (Lipinski definition) is 5. The third kappa shape index (κ3) is 3.99. The van der Waals surface area contributed by atoms with Gasteiger partial charge in [-0.15, -0.1) is 0 Å². The van der Waals surface area contributed by atoms with Gasteiger partial charge in [0, 0.05) is 6.07 Å². The fraction of sp³-hybridized carbons (Fsp3) is 0.125. The summed E-state index contributed by atoms with van der Waals surface area (Å²) < 4.78 is 9.96. The van der Waals surface area contributed by atoms with E-state index in [-0.39, 0.29) is 23.6 Å². The van der Waals surface area contributed by atoms with Gasteiger partial charge in [-0.2, -0.15) is 0 Å². The summed E-state index contributed by atoms with van der Waals surface area (Å²) in [7, 11) is 0. The normalized spacial score (nSPS) is 9.86. The zero-order valence-electron chi connectivity index (χ0n) is 11.9. The summed E-state index contributed by atoms with van der Waals surface area (Å²) in [5, 5.41) is 11.9. The van der Waals surface area contributed by atoms with Gasteiger partial charge in [-0.3, -0.25) is 5.32 Å². The Bertz CT molecular complexity index is 669. The summed E-state index contributed by atoms with van der Waals surface area (Å²) in [6.45, 7) is 1.88. The minimum absolute atomic E-state index is 0.0944. The van der Waals surface area contributed by atoms with Crippen molar-refractivity contribution in [3.8, 4) is 11.5 Å². The van der Waals surface area contributed by atoms with E-state index in [2.05, 4.69) is 5.32 Å². The number of aromatic hydroxyl groups is 1. The number of carbonyl (C=O) groups excluding carboxylic acids is 2. The first-order valence-electron chi connectivity index (χ1n) is 6.64. The molecule has 0 aliphatic rings. The number of para-hydroxylation sites is 1. The Labute approximate surface area is 127 Å². The van der Waals surface area contributed by atoms with Crippen LogP contribution in [0, 0.1) is 0 Å². The first-order chi connectivity index (χ1) is 10.6. The quantitative estimate of drug-likeness (QED) is 0.847. The molecule has 0 unspecified atom stereocenters. The first kappa shape index (κ1) is 15.4. The summed E-state index contributed by atoms with van der Waals surface area (Å²) in [6.07, 6.45) is -0.776. The second-order valence-electron chi connectivity index (χ2n) is 4.28. The molecule has 0 atom stereocenters. The maximum atomic E-state index is 11.9. The first-order valence-corrected chi connectivity index (χ1v) is 6.64. The van der Waals surface area contributed by atoms with E-state index in [4.69, 9.17) is 9.47 Å². The molecular weight excluding hydrogens is 286 g/mol. The van der Waals surface area contributed by atoms with Crippen LogP contribution in [0.3, 0.4) is 0 Å². The van der Waals surface area contributed by atoms with Crippen molar-refractivity contribution in [3.63, 3.8) is 0 Å². The summed E-state index contributed by atoms with van der Waals surface area (Å²) in [5.41, 5.74) is 0.240. The van der Waals surface area contributed by atoms with Gasteiger partial charge in [0.05, 0.1) is 17.9 Å². The number of anilines is 1. The third-order valence-electron chi connectivity index (χ3n) is 2.69. The molecule has 0 bridgehead atoms. The molecule has 6 heteroatoms. The maximum Gasteiger partial charge on any atom is 0.417 e. The van der Waals surface area contributed by atoms with Crippen LogP contribution in [0.25, 0.3) is 0 Å². The largest absolute Gasteiger partial charge is 0.508 e. The monoisotopic (exact) mass is 301 g/mol. The van der Waals surface area contributed by atoms with E-state index < -0.39 is 12.1 Å². The number of carbonyl (C=O) groups is 2. The van der Waals surface area contributed by atoms with E-state index in [1.165, 1.54) is 18.2 Å². The summed E-state index contributed by atoms with van der Waals surface area (Å²) in [4.78, 5) is 23.7. The molecule has 0 spiro atoms. The lowest BCUT2D eigenvalue weighted by atomic mass is 10.1. The van der Waals surface area contributed by atoms with Gasteiger partial charge >= 0.3 is 12.1 Å². The van der Waals surface area contributed by atoms with Crippen molar-refractivity contribution in [2.24, 2.45) is 0 Å². The van der Waals surface area contributed by atoms with Crippen LogP contribution in [0.5, 0.6) is 11.5 Å². The number of nitrogens with one attached hydrogen (secondary N) is 1. The second kappa shape index (κ2) is 7.12. The molecular formula is C16H15NO5. The lowest BCUT2D eigenvalue weighted by molar-refractivity contribution is 0.0527. The predicted octanol–water partition coefficient (Wildman–Crippen LogP) is 3.18. The fourth-order valence-corrected chi connectivity index (χ4v) is 1.75. The highest BCUT2D eigenvalue weighted by atomic mass is 16.6. The number of esters is 1. The van der Waals surface area contributed by atoms with Gasteiger partial charge in [-0.25, -0.2) is 9.59 Å². The molecule has 0 aliphatic carbocycles. The van der Waals surface area contributed by atoms with Gasteiger partial charge in [0.15, 0.2) is 0 Å². The van der Waals surface area contributed by atoms with Crippen molar-refractivity contribution in [3.05, 3.63) is 54.1 Å². The second-order valence-corrected chi connectivity index (χ2v) is 4.28. The number of benzene rings is 2. The van der Waals surface area contributed by atoms with Crippen LogP contribution in [0.4, 0.5) is 10.5 Å². The number of amides is 1. The molecule has 1 amide bonds. The van der Waals surface area contributed by atoms with Crippen molar-refractivity contribution in [1.29, 1.82) is 0 Å². The van der Waals surface area contributed by atoms with Crippen molar-refractivity contribution < 1.29 is 24.2 Å². The molecule has 0 fully saturated rings. The molecule has 0 saturated carbocycles. The van der Waals surface area contributed by atoms with Crippen LogP contribution in [-0.4, -0.2) is 23.8 Å². The number of phenols is 1. The molecule has 2 aromatic carbocycles. The van der Waals surface area contributed by atoms with Crippen molar-refractivity contribution >= 4 is 17.7 Å². The summed E-state index contributed by atoms with van der Waals surface area (Å²) in [6, 6.07) is 12.4. The number of ether oxygens (including phenoxy) is 2. The van der Waals surface area contributed by atoms with Gasteiger partial charge in [0.1, 0.15) is 11.5 Å². The Hall–Kier alpha value is -3.02. The average molecular weight is 301 g/mol. The van der Waals surface area contributed by atoms with E-state index in [0.717, 1.165) is 0 Å². The minimum atomic E-state index is -0.776. The predicted molar refractivity (Wildman–Crippen MR) is 80.2 cm³/mol. The topological polar surface area (TPSA) is 84.9 Å². The molecule has 0 saturated heterocycles. The Morgan fingerprint density at radius 3 is 2.55 bits per heavy atom. The lowest BCUT2D eigenvalue weighted by Gasteiger charge is -2.11. The van der Waals surface area contributed by atoms with Crippen molar-refractivity contribution in [1.82, 2.24) is 0 Å². The molecule has 2 rings (SSSR count). The van der Waals surface area contributed by atoms with Gasteiger partial charge in [0.2, 0.25) is 0 Å². The molecule has 2 N–H and O–H groups in total. The molecule has 0 heterocycles. The highest BCUT2D eigenvalue weighted by Gasteiger charge is 2.16. The van der Waals surface area contributed by atoms with Crippen LogP contribution < -0.4 is 10.1 Å². The zero-order valence-corrected chi connectivity index (χ0v) is 11.9. The SMILES string of the molecule is CCOC(=O)c1ccc(O)cc1NC(=O)Oc1ccccc1. The molecule has 0 aromatic heterocycles. The zero-order chi connectivity index (χ0) is 15.9. The van der Waals surface area contributed by atoms with Crippen molar-refractivity contribution in [2.75, 3.05) is 11.9 Å². The van der Waals surface area contributed by atoms with E-state index in [0.29, 0.717) is 5.75 Å². The fourth-order valence-electron chi connectivity index (χ4n) is 1.75. The Morgan fingerprint density at radius 2 is 1.86 bits per heavy atom. The average Bonchev–Trinajstić information content (AvgIpc) is 2.48. The summed E-state index contributed by atoms with van der Waals surface area (Å²) >= 11 is 0. The van der Waals surface area contributed by atoms with E-state index in [1.807, 2.05) is 0 Å². The van der Waals surface area contributed by atoms with Crippen LogP contribution in [0.2, 0.25) is 0 Å². The standard InChI is InChI=1S/C16H15NO5/c1-2-21-15(19)13-9-8-11(18)10-14(13)17-16(20)22-12-6-4-3-5-7-12/h3-10,18H,2H2,1H3,(H,17,20). The van der Waals surface area contributed by atoms with E-state index in [1.54, 1.807) is 37.3 Å². The van der Waals surface area contributed by atoms with E-state index >= 15 is 0 Å². The number of hydrogen-bond donors (Lipinski definition) is 2. The number of phenolic OH excluding ortho intramolecular Hbond substituents is 1. The van der Waals surface area contributed by atoms with Gasteiger partial charge in [-0.05, 0) is 31.2 Å². The van der Waals surface area contributed by atoms with Crippen LogP contribution in [-0.2, 0) is 4.74 Å². The molecule has 2 aromatic rings. The van der Waals surface area contributed by atoms with Gasteiger partial charge in [0.25, 0.3) is 0 Å². The third-order valence-corrected chi connectivity index (χ3v) is 2.69. The molecule has 114 valence electrons. The lowest BCUT2D eigenvalue weighted by Crippen LogP contribution is -2.19. The van der Waals surface area contributed by atoms with Crippen LogP contribution in [0.1, 0.15) is 17.3 Å². The summed E-state index contributed by atoms with van der Waals surface area (Å²) in [5.74, 6) is -0.335. The van der Waals surface area contributed by atoms with Crippen LogP contribution >= 0.6 is 0 Å². The Kier molecular flexibility index (Phi) is 4.98. The van der Waals surface area contributed by atoms with Crippen molar-refractivity contribution in [2.45, 2.75) is 6.92 Å². The molecule has 0 aliphatic heterocycles. The minimum Gasteiger partial charge on any atom is -0.508 e. The molecule has 6 nitrogen and oxygen atoms in total. The van der Waals surface area contributed by atoms with Gasteiger partial charge < -0.3 is 14.6 Å². The van der Waals surface area contributed by atoms with Gasteiger partial charge in [-0.1, -0.05) is 18.2 Å². The highest BCUT2D eigenvalue weighted by Crippen LogP contribution is 2.23. The van der Waals surface area contributed by atoms with Crippen LogP contribution in [0.15, 0.2) is 48.5 Å². The molecule has 0 radical (unpaired) electrons. The number of rotatable bonds is 4. The Balaban J connectivity index is 2.15. The maximum absolute atomic E-state index is 11.9. The highest BCUT2D eigenvalue weighted by molar-refractivity contribution is 6.00. The van der Waals surface area contributed by atoms with E-state index in [9.17, 15) is 14.7 Å². The molecule has 22 heavy (non-hydrogen) atoms.